The van der Waals surface area contributed by atoms with Gasteiger partial charge in [0.1, 0.15) is 0 Å². The van der Waals surface area contributed by atoms with Crippen molar-refractivity contribution < 1.29 is 13.9 Å². The van der Waals surface area contributed by atoms with Gasteiger partial charge in [0, 0.05) is 12.3 Å². The summed E-state index contributed by atoms with van der Waals surface area (Å²) in [5.74, 6) is 1.48. The minimum absolute atomic E-state index is 0.0783. The van der Waals surface area contributed by atoms with Crippen LogP contribution < -0.4 is 5.32 Å². The lowest BCUT2D eigenvalue weighted by atomic mass is 10.1. The van der Waals surface area contributed by atoms with Crippen molar-refractivity contribution in [2.75, 3.05) is 17.7 Å². The number of aromatic nitrogens is 3. The molecule has 1 aromatic carbocycles. The second-order valence-corrected chi connectivity index (χ2v) is 7.86. The molecule has 1 atom stereocenters. The van der Waals surface area contributed by atoms with Crippen LogP contribution in [0.4, 0.5) is 5.69 Å². The Bertz CT molecular complexity index is 932. The van der Waals surface area contributed by atoms with Gasteiger partial charge in [-0.1, -0.05) is 30.8 Å². The number of hydrogen-bond acceptors (Lipinski definition) is 6. The van der Waals surface area contributed by atoms with Gasteiger partial charge in [-0.3, -0.25) is 9.36 Å². The van der Waals surface area contributed by atoms with Gasteiger partial charge in [0.25, 0.3) is 0 Å². The standard InChI is InChI=1S/C21H24N4O3S/c1-2-15-7-9-16(10-8-15)22-19(26)14-29-21-24-23-20(18-6-4-12-28-18)25(21)13-17-5-3-11-27-17/h4,6-10,12,17H,2-3,5,11,13-14H2,1H3,(H,22,26). The van der Waals surface area contributed by atoms with E-state index in [9.17, 15) is 4.79 Å². The summed E-state index contributed by atoms with van der Waals surface area (Å²) in [6, 6.07) is 11.6. The first-order chi connectivity index (χ1) is 14.2. The van der Waals surface area contributed by atoms with Gasteiger partial charge in [0.05, 0.1) is 24.7 Å². The molecule has 3 aromatic rings. The van der Waals surface area contributed by atoms with Crippen LogP contribution in [0.15, 0.2) is 52.2 Å². The highest BCUT2D eigenvalue weighted by atomic mass is 32.2. The van der Waals surface area contributed by atoms with Crippen molar-refractivity contribution in [3.05, 3.63) is 48.2 Å². The summed E-state index contributed by atoms with van der Waals surface area (Å²) < 4.78 is 13.3. The smallest absolute Gasteiger partial charge is 0.234 e. The lowest BCUT2D eigenvalue weighted by Crippen LogP contribution is -2.18. The lowest BCUT2D eigenvalue weighted by Gasteiger charge is -2.14. The Labute approximate surface area is 173 Å². The number of benzene rings is 1. The number of carbonyl (C=O) groups is 1. The Morgan fingerprint density at radius 1 is 1.28 bits per heavy atom. The van der Waals surface area contributed by atoms with Crippen LogP contribution in [0.2, 0.25) is 0 Å². The number of amides is 1. The number of hydrogen-bond donors (Lipinski definition) is 1. The van der Waals surface area contributed by atoms with Crippen LogP contribution in [0.25, 0.3) is 11.6 Å². The third-order valence-corrected chi connectivity index (χ3v) is 5.81. The summed E-state index contributed by atoms with van der Waals surface area (Å²) in [6.07, 6.45) is 4.79. The highest BCUT2D eigenvalue weighted by molar-refractivity contribution is 7.99. The van der Waals surface area contributed by atoms with Gasteiger partial charge in [-0.2, -0.15) is 0 Å². The predicted octanol–water partition coefficient (Wildman–Crippen LogP) is 4.01. The minimum Gasteiger partial charge on any atom is -0.461 e. The fraction of sp³-hybridized carbons (Fsp3) is 0.381. The largest absolute Gasteiger partial charge is 0.461 e. The fourth-order valence-electron chi connectivity index (χ4n) is 3.29. The zero-order valence-corrected chi connectivity index (χ0v) is 17.2. The van der Waals surface area contributed by atoms with Crippen molar-refractivity contribution >= 4 is 23.4 Å². The molecule has 0 aliphatic carbocycles. The van der Waals surface area contributed by atoms with Gasteiger partial charge in [-0.15, -0.1) is 10.2 Å². The van der Waals surface area contributed by atoms with Gasteiger partial charge >= 0.3 is 0 Å². The van der Waals surface area contributed by atoms with E-state index in [0.29, 0.717) is 23.3 Å². The van der Waals surface area contributed by atoms with E-state index in [2.05, 4.69) is 22.4 Å². The van der Waals surface area contributed by atoms with Gasteiger partial charge in [-0.25, -0.2) is 0 Å². The van der Waals surface area contributed by atoms with Crippen LogP contribution >= 0.6 is 11.8 Å². The lowest BCUT2D eigenvalue weighted by molar-refractivity contribution is -0.113. The van der Waals surface area contributed by atoms with Gasteiger partial charge in [0.15, 0.2) is 10.9 Å². The number of nitrogens with one attached hydrogen (secondary N) is 1. The molecule has 152 valence electrons. The van der Waals surface area contributed by atoms with Crippen LogP contribution in [-0.4, -0.2) is 39.1 Å². The summed E-state index contributed by atoms with van der Waals surface area (Å²) in [5, 5.41) is 12.2. The fourth-order valence-corrected chi connectivity index (χ4v) is 4.04. The normalized spacial score (nSPS) is 16.2. The molecule has 1 N–H and O–H groups in total. The number of rotatable bonds is 8. The maximum absolute atomic E-state index is 12.4. The number of carbonyl (C=O) groups excluding carboxylic acids is 1. The first kappa shape index (κ1) is 19.7. The molecule has 0 spiro atoms. The highest BCUT2D eigenvalue weighted by Gasteiger charge is 2.23. The number of ether oxygens (including phenoxy) is 1. The van der Waals surface area contributed by atoms with E-state index in [0.717, 1.165) is 31.6 Å². The Morgan fingerprint density at radius 3 is 2.83 bits per heavy atom. The molecule has 0 radical (unpaired) electrons. The van der Waals surface area contributed by atoms with Crippen molar-refractivity contribution in [1.29, 1.82) is 0 Å². The summed E-state index contributed by atoms with van der Waals surface area (Å²) in [6.45, 7) is 3.53. The predicted molar refractivity (Wildman–Crippen MR) is 112 cm³/mol. The molecule has 3 heterocycles. The molecule has 1 aliphatic rings. The molecular formula is C21H24N4O3S. The summed E-state index contributed by atoms with van der Waals surface area (Å²) >= 11 is 1.36. The molecular weight excluding hydrogens is 388 g/mol. The van der Waals surface area contributed by atoms with Crippen LogP contribution in [0.5, 0.6) is 0 Å². The van der Waals surface area contributed by atoms with Crippen molar-refractivity contribution in [1.82, 2.24) is 14.8 Å². The van der Waals surface area contributed by atoms with Crippen molar-refractivity contribution in [3.8, 4) is 11.6 Å². The van der Waals surface area contributed by atoms with E-state index in [4.69, 9.17) is 9.15 Å². The first-order valence-electron chi connectivity index (χ1n) is 9.83. The topological polar surface area (TPSA) is 82.2 Å². The van der Waals surface area contributed by atoms with E-state index in [-0.39, 0.29) is 17.8 Å². The molecule has 1 fully saturated rings. The molecule has 2 aromatic heterocycles. The van der Waals surface area contributed by atoms with Crippen LogP contribution in [-0.2, 0) is 22.5 Å². The van der Waals surface area contributed by atoms with Crippen LogP contribution in [0.1, 0.15) is 25.3 Å². The number of thioether (sulfide) groups is 1. The zero-order chi connectivity index (χ0) is 20.1. The van der Waals surface area contributed by atoms with Crippen LogP contribution in [0.3, 0.4) is 0 Å². The average Bonchev–Trinajstić information content (AvgIpc) is 3.50. The monoisotopic (exact) mass is 412 g/mol. The average molecular weight is 413 g/mol. The quantitative estimate of drug-likeness (QED) is 0.563. The second kappa shape index (κ2) is 9.28. The maximum atomic E-state index is 12.4. The third kappa shape index (κ3) is 4.89. The van der Waals surface area contributed by atoms with Crippen LogP contribution in [0, 0.1) is 0 Å². The van der Waals surface area contributed by atoms with E-state index in [1.165, 1.54) is 17.3 Å². The van der Waals surface area contributed by atoms with Crippen molar-refractivity contribution in [3.63, 3.8) is 0 Å². The van der Waals surface area contributed by atoms with Gasteiger partial charge in [0.2, 0.25) is 11.7 Å². The Balaban J connectivity index is 1.43. The van der Waals surface area contributed by atoms with E-state index < -0.39 is 0 Å². The number of aryl methyl sites for hydroxylation is 1. The Morgan fingerprint density at radius 2 is 2.14 bits per heavy atom. The molecule has 0 bridgehead atoms. The van der Waals surface area contributed by atoms with Crippen molar-refractivity contribution in [2.24, 2.45) is 0 Å². The molecule has 1 aliphatic heterocycles. The first-order valence-corrected chi connectivity index (χ1v) is 10.8. The number of nitrogens with zero attached hydrogens (tertiary/aromatic N) is 3. The molecule has 1 amide bonds. The van der Waals surface area contributed by atoms with E-state index in [1.54, 1.807) is 6.26 Å². The number of furan rings is 1. The Kier molecular flexibility index (Phi) is 6.31. The summed E-state index contributed by atoms with van der Waals surface area (Å²) in [7, 11) is 0. The Hall–Kier alpha value is -2.58. The zero-order valence-electron chi connectivity index (χ0n) is 16.3. The molecule has 4 rings (SSSR count). The molecule has 8 heteroatoms. The maximum Gasteiger partial charge on any atom is 0.234 e. The third-order valence-electron chi connectivity index (χ3n) is 4.85. The molecule has 1 unspecified atom stereocenters. The minimum atomic E-state index is -0.0783. The summed E-state index contributed by atoms with van der Waals surface area (Å²) in [5.41, 5.74) is 2.04. The second-order valence-electron chi connectivity index (χ2n) is 6.92. The van der Waals surface area contributed by atoms with Crippen molar-refractivity contribution in [2.45, 2.75) is 44.0 Å². The molecule has 7 nitrogen and oxygen atoms in total. The molecule has 1 saturated heterocycles. The van der Waals surface area contributed by atoms with E-state index >= 15 is 0 Å². The van der Waals surface area contributed by atoms with Gasteiger partial charge < -0.3 is 14.5 Å². The summed E-state index contributed by atoms with van der Waals surface area (Å²) in [4.78, 5) is 12.4. The van der Waals surface area contributed by atoms with E-state index in [1.807, 2.05) is 41.0 Å². The molecule has 29 heavy (non-hydrogen) atoms. The highest BCUT2D eigenvalue weighted by Crippen LogP contribution is 2.27. The number of anilines is 1. The van der Waals surface area contributed by atoms with Gasteiger partial charge in [-0.05, 0) is 49.1 Å². The SMILES string of the molecule is CCc1ccc(NC(=O)CSc2nnc(-c3ccco3)n2CC2CCCO2)cc1. The molecule has 0 saturated carbocycles.